The van der Waals surface area contributed by atoms with Crippen molar-refractivity contribution in [3.63, 3.8) is 0 Å². The van der Waals surface area contributed by atoms with Crippen molar-refractivity contribution in [3.8, 4) is 11.4 Å². The number of benzene rings is 1. The molecule has 174 valence electrons. The molecule has 0 radical (unpaired) electrons. The topological polar surface area (TPSA) is 109 Å². The van der Waals surface area contributed by atoms with Gasteiger partial charge < -0.3 is 29.9 Å². The zero-order valence-electron chi connectivity index (χ0n) is 19.1. The van der Waals surface area contributed by atoms with Crippen molar-refractivity contribution in [2.24, 2.45) is 5.41 Å². The molecule has 0 saturated carbocycles. The molecule has 2 saturated heterocycles. The fourth-order valence-electron chi connectivity index (χ4n) is 4.54. The van der Waals surface area contributed by atoms with Gasteiger partial charge in [-0.1, -0.05) is 6.92 Å². The average molecular weight is 453 g/mol. The molecule has 4 heterocycles. The van der Waals surface area contributed by atoms with Gasteiger partial charge in [-0.2, -0.15) is 0 Å². The fourth-order valence-corrected chi connectivity index (χ4v) is 4.54. The van der Waals surface area contributed by atoms with Gasteiger partial charge in [-0.25, -0.2) is 14.8 Å². The summed E-state index contributed by atoms with van der Waals surface area (Å²) in [6, 6.07) is 7.06. The summed E-state index contributed by atoms with van der Waals surface area (Å²) in [7, 11) is 1.57. The van der Waals surface area contributed by atoms with Crippen LogP contribution in [-0.2, 0) is 14.3 Å². The molecular weight excluding hydrogens is 424 g/mol. The van der Waals surface area contributed by atoms with Crippen LogP contribution in [0.1, 0.15) is 13.8 Å². The number of amides is 3. The zero-order valence-corrected chi connectivity index (χ0v) is 19.1. The summed E-state index contributed by atoms with van der Waals surface area (Å²) in [5.74, 6) is 1.30. The first-order valence-corrected chi connectivity index (χ1v) is 11.0. The zero-order chi connectivity index (χ0) is 23.2. The maximum Gasteiger partial charge on any atom is 0.318 e. The molecule has 10 heteroatoms. The predicted octanol–water partition coefficient (Wildman–Crippen LogP) is 1.87. The largest absolute Gasteiger partial charge is 0.380 e. The van der Waals surface area contributed by atoms with E-state index in [1.165, 1.54) is 0 Å². The summed E-state index contributed by atoms with van der Waals surface area (Å²) < 4.78 is 11.1. The van der Waals surface area contributed by atoms with Gasteiger partial charge >= 0.3 is 6.03 Å². The highest BCUT2D eigenvalue weighted by Gasteiger charge is 2.52. The number of urea groups is 1. The maximum absolute atomic E-state index is 13.6. The summed E-state index contributed by atoms with van der Waals surface area (Å²) in [6.07, 6.45) is 1.74. The van der Waals surface area contributed by atoms with E-state index in [0.717, 1.165) is 11.4 Å². The quantitative estimate of drug-likeness (QED) is 0.729. The first kappa shape index (κ1) is 21.6. The third-order valence-corrected chi connectivity index (χ3v) is 6.51. The van der Waals surface area contributed by atoms with Gasteiger partial charge in [0.05, 0.1) is 32.6 Å². The fraction of sp³-hybridized carbons (Fsp3) is 0.478. The van der Waals surface area contributed by atoms with Crippen molar-refractivity contribution in [1.82, 2.24) is 15.3 Å². The number of anilines is 3. The maximum atomic E-state index is 13.6. The Labute approximate surface area is 192 Å². The number of nitrogens with zero attached hydrogens (tertiary/aromatic N) is 4. The van der Waals surface area contributed by atoms with Crippen LogP contribution in [0.25, 0.3) is 11.4 Å². The number of fused-ring (bicyclic) bond motifs is 3. The van der Waals surface area contributed by atoms with Crippen molar-refractivity contribution in [2.45, 2.75) is 19.4 Å². The van der Waals surface area contributed by atoms with Crippen molar-refractivity contribution in [1.29, 1.82) is 0 Å². The molecule has 0 bridgehead atoms. The number of rotatable bonds is 4. The molecule has 3 aliphatic rings. The highest BCUT2D eigenvalue weighted by atomic mass is 16.5. The first-order valence-electron chi connectivity index (χ1n) is 11.0. The van der Waals surface area contributed by atoms with Gasteiger partial charge in [0.2, 0.25) is 0 Å². The van der Waals surface area contributed by atoms with Crippen LogP contribution >= 0.6 is 0 Å². The minimum atomic E-state index is -0.820. The molecule has 0 aliphatic carbocycles. The highest BCUT2D eigenvalue weighted by Crippen LogP contribution is 2.43. The van der Waals surface area contributed by atoms with E-state index in [9.17, 15) is 9.59 Å². The van der Waals surface area contributed by atoms with Gasteiger partial charge in [-0.3, -0.25) is 4.79 Å². The molecule has 3 amide bonds. The van der Waals surface area contributed by atoms with Gasteiger partial charge in [-0.05, 0) is 31.2 Å². The Morgan fingerprint density at radius 2 is 1.91 bits per heavy atom. The molecule has 1 unspecified atom stereocenters. The number of hydrogen-bond donors (Lipinski definition) is 2. The van der Waals surface area contributed by atoms with E-state index in [4.69, 9.17) is 14.5 Å². The van der Waals surface area contributed by atoms with Crippen LogP contribution < -0.4 is 20.4 Å². The molecule has 33 heavy (non-hydrogen) atoms. The van der Waals surface area contributed by atoms with Gasteiger partial charge in [0.1, 0.15) is 11.2 Å². The number of carbonyl (C=O) groups excluding carboxylic acids is 2. The van der Waals surface area contributed by atoms with Crippen molar-refractivity contribution in [2.75, 3.05) is 61.7 Å². The van der Waals surface area contributed by atoms with Gasteiger partial charge in [0.15, 0.2) is 11.6 Å². The predicted molar refractivity (Wildman–Crippen MR) is 123 cm³/mol. The van der Waals surface area contributed by atoms with E-state index in [-0.39, 0.29) is 17.4 Å². The lowest BCUT2D eigenvalue weighted by Crippen LogP contribution is -2.68. The minimum Gasteiger partial charge on any atom is -0.380 e. The third-order valence-electron chi connectivity index (χ3n) is 6.51. The number of hydrogen-bond acceptors (Lipinski definition) is 7. The summed E-state index contributed by atoms with van der Waals surface area (Å²) >= 11 is 0. The van der Waals surface area contributed by atoms with E-state index < -0.39 is 5.54 Å². The van der Waals surface area contributed by atoms with Gasteiger partial charge in [0, 0.05) is 36.8 Å². The second-order valence-corrected chi connectivity index (χ2v) is 9.36. The molecule has 1 aromatic carbocycles. The van der Waals surface area contributed by atoms with Crippen LogP contribution in [0.15, 0.2) is 30.5 Å². The summed E-state index contributed by atoms with van der Waals surface area (Å²) in [6.45, 7) is 7.27. The Balaban J connectivity index is 1.52. The normalized spacial score (nSPS) is 23.3. The minimum absolute atomic E-state index is 0.00352. The van der Waals surface area contributed by atoms with Crippen LogP contribution in [0, 0.1) is 5.41 Å². The second kappa shape index (κ2) is 7.96. The third kappa shape index (κ3) is 3.68. The Morgan fingerprint density at radius 3 is 2.58 bits per heavy atom. The molecule has 2 fully saturated rings. The second-order valence-electron chi connectivity index (χ2n) is 9.36. The van der Waals surface area contributed by atoms with E-state index >= 15 is 0 Å². The first-order chi connectivity index (χ1) is 15.8. The molecule has 2 aromatic rings. The Kier molecular flexibility index (Phi) is 5.21. The lowest BCUT2D eigenvalue weighted by atomic mass is 9.85. The van der Waals surface area contributed by atoms with E-state index in [1.54, 1.807) is 25.4 Å². The van der Waals surface area contributed by atoms with Crippen LogP contribution in [0.5, 0.6) is 0 Å². The molecule has 0 spiro atoms. The van der Waals surface area contributed by atoms with Gasteiger partial charge in [0.25, 0.3) is 5.91 Å². The summed E-state index contributed by atoms with van der Waals surface area (Å²) in [5, 5.41) is 5.26. The molecular formula is C23H28N6O4. The number of aromatic nitrogens is 2. The smallest absolute Gasteiger partial charge is 0.318 e. The van der Waals surface area contributed by atoms with Crippen molar-refractivity contribution >= 4 is 29.1 Å². The summed E-state index contributed by atoms with van der Waals surface area (Å²) in [5.41, 5.74) is 1.29. The molecule has 3 aliphatic heterocycles. The summed E-state index contributed by atoms with van der Waals surface area (Å²) in [4.78, 5) is 38.5. The van der Waals surface area contributed by atoms with Gasteiger partial charge in [-0.15, -0.1) is 0 Å². The molecule has 2 N–H and O–H groups in total. The van der Waals surface area contributed by atoms with Crippen LogP contribution in [0.2, 0.25) is 0 Å². The van der Waals surface area contributed by atoms with E-state index in [2.05, 4.69) is 27.4 Å². The van der Waals surface area contributed by atoms with Crippen LogP contribution in [0.4, 0.5) is 22.0 Å². The lowest BCUT2D eigenvalue weighted by molar-refractivity contribution is -0.131. The molecule has 5 rings (SSSR count). The van der Waals surface area contributed by atoms with E-state index in [0.29, 0.717) is 56.7 Å². The number of morpholine rings is 1. The molecule has 1 atom stereocenters. The number of carbonyl (C=O) groups is 2. The van der Waals surface area contributed by atoms with Crippen LogP contribution in [0.3, 0.4) is 0 Å². The van der Waals surface area contributed by atoms with Crippen molar-refractivity contribution < 1.29 is 19.1 Å². The highest BCUT2D eigenvalue weighted by molar-refractivity contribution is 6.08. The lowest BCUT2D eigenvalue weighted by Gasteiger charge is -2.52. The molecule has 1 aromatic heterocycles. The monoisotopic (exact) mass is 452 g/mol. The standard InChI is InChI=1S/C23H28N6O4/c1-22(12-33-13-22)11-28-17-10-25-18(15-4-6-16(7-5-15)26-21(31)24-3)27-19(17)29-8-9-32-14-23(29,2)20(28)30/h4-7,10H,8-9,11-14H2,1-3H3,(H2,24,26,31). The van der Waals surface area contributed by atoms with E-state index in [1.807, 2.05) is 24.0 Å². The van der Waals surface area contributed by atoms with Crippen molar-refractivity contribution in [3.05, 3.63) is 30.5 Å². The molecule has 10 nitrogen and oxygen atoms in total. The Bertz CT molecular complexity index is 1090. The average Bonchev–Trinajstić information content (AvgIpc) is 2.81. The Morgan fingerprint density at radius 1 is 1.15 bits per heavy atom. The van der Waals surface area contributed by atoms with Crippen LogP contribution in [-0.4, -0.2) is 74.0 Å². The number of ether oxygens (including phenoxy) is 2. The Hall–Kier alpha value is -3.24. The number of nitrogens with one attached hydrogen (secondary N) is 2. The SMILES string of the molecule is CNC(=O)Nc1ccc(-c2ncc3c(n2)N2CCOCC2(C)C(=O)N3CC2(C)COC2)cc1.